The number of halogens is 1. The molecule has 0 aliphatic carbocycles. The number of hydrogen-bond acceptors (Lipinski definition) is 9. The molecule has 0 saturated carbocycles. The molecule has 0 radical (unpaired) electrons. The van der Waals surface area contributed by atoms with E-state index in [0.29, 0.717) is 24.1 Å². The molecular weight excluding hydrogens is 770 g/mol. The zero-order valence-electron chi connectivity index (χ0n) is 33.4. The van der Waals surface area contributed by atoms with Gasteiger partial charge in [-0.3, -0.25) is 19.2 Å². The molecule has 5 atom stereocenters. The van der Waals surface area contributed by atoms with Crippen molar-refractivity contribution in [2.75, 3.05) is 13.1 Å². The Balaban J connectivity index is 1.65. The Morgan fingerprint density at radius 1 is 0.877 bits per heavy atom. The molecule has 0 bridgehead atoms. The van der Waals surface area contributed by atoms with E-state index in [0.717, 1.165) is 16.7 Å². The van der Waals surface area contributed by atoms with Gasteiger partial charge >= 0.3 is 5.97 Å². The van der Waals surface area contributed by atoms with Crippen LogP contribution in [-0.4, -0.2) is 86.6 Å². The van der Waals surface area contributed by atoms with E-state index in [1.54, 1.807) is 56.3 Å². The Hall–Kier alpha value is -4.60. The number of carboxylic acid groups (broad SMARTS) is 1. The van der Waals surface area contributed by atoms with E-state index in [9.17, 15) is 38.6 Å². The number of aryl methyl sites for hydroxylation is 2. The summed E-state index contributed by atoms with van der Waals surface area (Å²) >= 11 is 0. The van der Waals surface area contributed by atoms with Gasteiger partial charge in [0.1, 0.15) is 35.7 Å². The quantitative estimate of drug-likeness (QED) is 0.129. The minimum atomic E-state index is -1.32. The average Bonchev–Trinajstić information content (AvgIpc) is 3.13. The highest BCUT2D eigenvalue weighted by Crippen LogP contribution is 2.47. The van der Waals surface area contributed by atoms with Crippen LogP contribution < -0.4 is 26.6 Å². The molecule has 0 spiro atoms. The second-order valence-corrected chi connectivity index (χ2v) is 19.2. The molecule has 1 aliphatic rings. The first-order valence-corrected chi connectivity index (χ1v) is 21.0. The van der Waals surface area contributed by atoms with Gasteiger partial charge in [0.2, 0.25) is 23.6 Å². The number of aromatic hydroxyl groups is 1. The second-order valence-electron chi connectivity index (χ2n) is 15.8. The molecule has 15 heteroatoms. The fourth-order valence-electron chi connectivity index (χ4n) is 6.68. The number of rotatable bonds is 12. The fraction of sp³-hybridized carbons (Fsp3) is 0.452. The maximum absolute atomic E-state index is 14.2. The molecule has 308 valence electrons. The van der Waals surface area contributed by atoms with Crippen molar-refractivity contribution in [3.05, 3.63) is 100 Å². The maximum Gasteiger partial charge on any atom is 0.326 e. The SMILES string of the molecule is Cc1cc(O)cc(C)c1C[C@H](C)CN[C@H]1C(=O)NCC(=O)N[C@@H](Cc2ccc(F)cc2)C(=O)N[C@H](C(=O)N[C@@H](Cc2ccccc2)C(=O)O)C(C)(C)SSC1(C)C. The van der Waals surface area contributed by atoms with Crippen LogP contribution in [0.5, 0.6) is 5.75 Å². The molecule has 4 rings (SSSR count). The van der Waals surface area contributed by atoms with Gasteiger partial charge in [0.15, 0.2) is 0 Å². The molecule has 4 amide bonds. The average molecular weight is 824 g/mol. The Morgan fingerprint density at radius 3 is 2.11 bits per heavy atom. The van der Waals surface area contributed by atoms with Crippen LogP contribution >= 0.6 is 21.6 Å². The predicted octanol–water partition coefficient (Wildman–Crippen LogP) is 4.38. The summed E-state index contributed by atoms with van der Waals surface area (Å²) in [5, 5.41) is 34.4. The summed E-state index contributed by atoms with van der Waals surface area (Å²) in [6.45, 7) is 13.2. The van der Waals surface area contributed by atoms with E-state index in [4.69, 9.17) is 0 Å². The van der Waals surface area contributed by atoms with Crippen LogP contribution in [0.1, 0.15) is 62.4 Å². The number of phenolic OH excluding ortho intramolecular Hbond substituents is 1. The lowest BCUT2D eigenvalue weighted by molar-refractivity contribution is -0.142. The van der Waals surface area contributed by atoms with E-state index < -0.39 is 75.6 Å². The van der Waals surface area contributed by atoms with Crippen molar-refractivity contribution in [1.29, 1.82) is 0 Å². The van der Waals surface area contributed by atoms with Crippen molar-refractivity contribution in [3.63, 3.8) is 0 Å². The summed E-state index contributed by atoms with van der Waals surface area (Å²) in [7, 11) is 2.59. The topological polar surface area (TPSA) is 186 Å². The highest BCUT2D eigenvalue weighted by molar-refractivity contribution is 8.77. The summed E-state index contributed by atoms with van der Waals surface area (Å²) < 4.78 is 11.8. The molecule has 1 fully saturated rings. The van der Waals surface area contributed by atoms with Crippen LogP contribution in [-0.2, 0) is 43.2 Å². The largest absolute Gasteiger partial charge is 0.508 e. The number of aliphatic carboxylic acids is 1. The van der Waals surface area contributed by atoms with Crippen molar-refractivity contribution in [2.24, 2.45) is 5.92 Å². The number of carbonyl (C=O) groups excluding carboxylic acids is 4. The van der Waals surface area contributed by atoms with Crippen LogP contribution in [0, 0.1) is 25.6 Å². The van der Waals surface area contributed by atoms with Crippen LogP contribution in [0.25, 0.3) is 0 Å². The van der Waals surface area contributed by atoms with Crippen molar-refractivity contribution >= 4 is 51.2 Å². The zero-order chi connectivity index (χ0) is 42.1. The third-order valence-corrected chi connectivity index (χ3v) is 14.1. The number of benzene rings is 3. The minimum absolute atomic E-state index is 0.00601. The van der Waals surface area contributed by atoms with Gasteiger partial charge in [0, 0.05) is 22.3 Å². The van der Waals surface area contributed by atoms with Crippen LogP contribution in [0.4, 0.5) is 4.39 Å². The zero-order valence-corrected chi connectivity index (χ0v) is 35.0. The number of carbonyl (C=O) groups is 5. The van der Waals surface area contributed by atoms with E-state index in [1.807, 2.05) is 27.7 Å². The van der Waals surface area contributed by atoms with Crippen molar-refractivity contribution in [2.45, 2.75) is 101 Å². The molecular formula is C42H54FN5O7S2. The normalized spacial score (nSPS) is 21.2. The molecule has 0 aromatic heterocycles. The molecule has 57 heavy (non-hydrogen) atoms. The molecule has 7 N–H and O–H groups in total. The molecule has 3 aromatic carbocycles. The Labute approximate surface area is 341 Å². The van der Waals surface area contributed by atoms with E-state index in [-0.39, 0.29) is 24.5 Å². The Bertz CT molecular complexity index is 1890. The number of nitrogens with one attached hydrogen (secondary N) is 5. The lowest BCUT2D eigenvalue weighted by Gasteiger charge is -2.39. The van der Waals surface area contributed by atoms with Gasteiger partial charge in [-0.25, -0.2) is 9.18 Å². The van der Waals surface area contributed by atoms with E-state index >= 15 is 0 Å². The highest BCUT2D eigenvalue weighted by Gasteiger charge is 2.44. The third kappa shape index (κ3) is 13.0. The second kappa shape index (κ2) is 19.7. The van der Waals surface area contributed by atoms with Crippen molar-refractivity contribution < 1.29 is 38.6 Å². The lowest BCUT2D eigenvalue weighted by atomic mass is 9.92. The maximum atomic E-state index is 14.2. The summed E-state index contributed by atoms with van der Waals surface area (Å²) in [6, 6.07) is 13.0. The third-order valence-electron chi connectivity index (χ3n) is 9.90. The lowest BCUT2D eigenvalue weighted by Crippen LogP contribution is -2.63. The molecule has 0 unspecified atom stereocenters. The Kier molecular flexibility index (Phi) is 15.6. The number of hydrogen-bond donors (Lipinski definition) is 7. The first kappa shape index (κ1) is 45.1. The first-order chi connectivity index (χ1) is 26.7. The smallest absolute Gasteiger partial charge is 0.326 e. The monoisotopic (exact) mass is 823 g/mol. The molecule has 1 saturated heterocycles. The van der Waals surface area contributed by atoms with Gasteiger partial charge in [-0.15, -0.1) is 0 Å². The van der Waals surface area contributed by atoms with Crippen LogP contribution in [0.3, 0.4) is 0 Å². The first-order valence-electron chi connectivity index (χ1n) is 18.8. The van der Waals surface area contributed by atoms with Gasteiger partial charge in [-0.1, -0.05) is 71.0 Å². The van der Waals surface area contributed by atoms with Gasteiger partial charge in [0.25, 0.3) is 0 Å². The van der Waals surface area contributed by atoms with Gasteiger partial charge in [-0.05, 0) is 113 Å². The standard InChI is InChI=1S/C42H54FN5O7S2/c1-24(17-31-25(2)18-30(49)19-26(31)3)22-44-35-38(52)45-23-34(50)46-32(20-28-13-15-29(43)16-14-28)37(51)48-36(42(6,7)57-56-41(35,4)5)39(53)47-33(40(54)55)21-27-11-9-8-10-12-27/h8-16,18-19,24,32-33,35-36,44,49H,17,20-23H2,1-7H3,(H,45,52)(H,46,50)(H,47,53)(H,48,51)(H,54,55)/t24-,32-,33-,35-,36+/m0/s1. The van der Waals surface area contributed by atoms with Crippen molar-refractivity contribution in [3.8, 4) is 5.75 Å². The summed E-state index contributed by atoms with van der Waals surface area (Å²) in [4.78, 5) is 68.1. The molecule has 1 heterocycles. The van der Waals surface area contributed by atoms with Crippen molar-refractivity contribution in [1.82, 2.24) is 26.6 Å². The van der Waals surface area contributed by atoms with E-state index in [1.165, 1.54) is 45.9 Å². The number of phenols is 1. The summed E-state index contributed by atoms with van der Waals surface area (Å²) in [5.41, 5.74) is 4.25. The predicted molar refractivity (Wildman–Crippen MR) is 222 cm³/mol. The molecule has 1 aliphatic heterocycles. The minimum Gasteiger partial charge on any atom is -0.508 e. The fourth-order valence-corrected chi connectivity index (χ4v) is 9.52. The van der Waals surface area contributed by atoms with Gasteiger partial charge in [0.05, 0.1) is 6.54 Å². The highest BCUT2D eigenvalue weighted by atomic mass is 33.1. The Morgan fingerprint density at radius 2 is 1.49 bits per heavy atom. The molecule has 3 aromatic rings. The number of carboxylic acids is 1. The summed E-state index contributed by atoms with van der Waals surface area (Å²) in [6.07, 6.45) is 0.613. The van der Waals surface area contributed by atoms with Crippen LogP contribution in [0.15, 0.2) is 66.7 Å². The molecule has 12 nitrogen and oxygen atoms in total. The summed E-state index contributed by atoms with van der Waals surface area (Å²) in [5.74, 6) is -4.05. The van der Waals surface area contributed by atoms with Gasteiger partial charge in [-0.2, -0.15) is 0 Å². The van der Waals surface area contributed by atoms with Gasteiger partial charge < -0.3 is 36.8 Å². The van der Waals surface area contributed by atoms with Crippen LogP contribution in [0.2, 0.25) is 0 Å². The number of amides is 4. The van der Waals surface area contributed by atoms with E-state index in [2.05, 4.69) is 33.5 Å².